The number of carbonyl (C=O) groups excluding carboxylic acids is 2. The van der Waals surface area contributed by atoms with Crippen molar-refractivity contribution in [3.63, 3.8) is 0 Å². The summed E-state index contributed by atoms with van der Waals surface area (Å²) in [6.45, 7) is 3.58. The number of hydrogen-bond donors (Lipinski definition) is 4. The molecule has 1 aliphatic heterocycles. The Labute approximate surface area is 171 Å². The first kappa shape index (κ1) is 21.9. The van der Waals surface area contributed by atoms with Crippen molar-refractivity contribution in [3.05, 3.63) is 16.7 Å². The van der Waals surface area contributed by atoms with Crippen LogP contribution in [0.5, 0.6) is 0 Å². The van der Waals surface area contributed by atoms with Crippen LogP contribution in [-0.4, -0.2) is 65.9 Å². The first-order chi connectivity index (χ1) is 14.3. The maximum absolute atomic E-state index is 12.6. The molecule has 2 aromatic heterocycles. The predicted octanol–water partition coefficient (Wildman–Crippen LogP) is -0.598. The van der Waals surface area contributed by atoms with E-state index in [0.717, 1.165) is 0 Å². The summed E-state index contributed by atoms with van der Waals surface area (Å²) >= 11 is 0. The van der Waals surface area contributed by atoms with Crippen LogP contribution in [0.1, 0.15) is 45.8 Å². The van der Waals surface area contributed by atoms with Crippen molar-refractivity contribution in [1.29, 1.82) is 0 Å². The number of rotatable bonds is 8. The predicted molar refractivity (Wildman–Crippen MR) is 103 cm³/mol. The second-order valence-electron chi connectivity index (χ2n) is 7.12. The van der Waals surface area contributed by atoms with E-state index < -0.39 is 48.0 Å². The van der Waals surface area contributed by atoms with Crippen LogP contribution < -0.4 is 11.3 Å². The van der Waals surface area contributed by atoms with Gasteiger partial charge in [-0.2, -0.15) is 4.98 Å². The number of ether oxygens (including phenoxy) is 2. The molecule has 0 amide bonds. The largest absolute Gasteiger partial charge is 0.451 e. The number of anilines is 1. The molecule has 164 valence electrons. The number of aliphatic hydroxyl groups is 2. The number of carbonyl (C=O) groups is 2. The molecule has 0 radical (unpaired) electrons. The normalized spacial score (nSPS) is 24.8. The lowest BCUT2D eigenvalue weighted by Gasteiger charge is -2.24. The average molecular weight is 423 g/mol. The molecule has 1 fully saturated rings. The van der Waals surface area contributed by atoms with Gasteiger partial charge in [-0.15, -0.1) is 0 Å². The van der Waals surface area contributed by atoms with Crippen LogP contribution >= 0.6 is 0 Å². The third kappa shape index (κ3) is 4.06. The Balaban J connectivity index is 1.93. The second kappa shape index (κ2) is 8.90. The van der Waals surface area contributed by atoms with E-state index in [4.69, 9.17) is 15.2 Å². The van der Waals surface area contributed by atoms with E-state index in [2.05, 4.69) is 15.0 Å². The number of nitrogens with zero attached hydrogens (tertiary/aromatic N) is 3. The standard InChI is InChI=1S/C18H25N5O7/c1-3-5-8(24)13(29-9(25)6-4-2)14-11(26)12(27)17(30-14)23-7-20-10-15(23)21-18(19)22-16(10)28/h7,11-14,17,26-27H,3-6H2,1-2H3,(H3,19,21,22,28)/t11-,12+,13?,14-,17+/m0/s1. The Bertz CT molecular complexity index is 987. The molecule has 12 heteroatoms. The molecule has 1 saturated heterocycles. The highest BCUT2D eigenvalue weighted by Gasteiger charge is 2.50. The van der Waals surface area contributed by atoms with Gasteiger partial charge in [0.25, 0.3) is 5.56 Å². The summed E-state index contributed by atoms with van der Waals surface area (Å²) < 4.78 is 12.3. The van der Waals surface area contributed by atoms with E-state index in [1.165, 1.54) is 10.9 Å². The van der Waals surface area contributed by atoms with Crippen molar-refractivity contribution in [2.75, 3.05) is 5.73 Å². The van der Waals surface area contributed by atoms with Crippen LogP contribution in [-0.2, 0) is 19.1 Å². The minimum Gasteiger partial charge on any atom is -0.451 e. The number of nitrogen functional groups attached to an aromatic ring is 1. The van der Waals surface area contributed by atoms with Gasteiger partial charge in [-0.25, -0.2) is 4.98 Å². The summed E-state index contributed by atoms with van der Waals surface area (Å²) in [5, 5.41) is 21.1. The van der Waals surface area contributed by atoms with Crippen LogP contribution in [0.15, 0.2) is 11.1 Å². The van der Waals surface area contributed by atoms with Crippen molar-refractivity contribution in [1.82, 2.24) is 19.5 Å². The third-order valence-corrected chi connectivity index (χ3v) is 4.82. The van der Waals surface area contributed by atoms with Gasteiger partial charge in [-0.3, -0.25) is 23.9 Å². The van der Waals surface area contributed by atoms with Gasteiger partial charge in [0.1, 0.15) is 18.3 Å². The number of nitrogens with two attached hydrogens (primary N) is 1. The smallest absolute Gasteiger partial charge is 0.306 e. The summed E-state index contributed by atoms with van der Waals surface area (Å²) in [5.74, 6) is -1.19. The summed E-state index contributed by atoms with van der Waals surface area (Å²) in [6.07, 6.45) is -4.50. The number of H-pyrrole nitrogens is 1. The van der Waals surface area contributed by atoms with Gasteiger partial charge in [0.05, 0.1) is 6.33 Å². The molecule has 1 unspecified atom stereocenters. The van der Waals surface area contributed by atoms with Crippen molar-refractivity contribution in [2.45, 2.75) is 70.2 Å². The molecule has 5 N–H and O–H groups in total. The number of fused-ring (bicyclic) bond motifs is 1. The van der Waals surface area contributed by atoms with Gasteiger partial charge in [-0.1, -0.05) is 13.8 Å². The zero-order valence-corrected chi connectivity index (χ0v) is 16.6. The first-order valence-electron chi connectivity index (χ1n) is 9.74. The monoisotopic (exact) mass is 423 g/mol. The first-order valence-corrected chi connectivity index (χ1v) is 9.74. The summed E-state index contributed by atoms with van der Waals surface area (Å²) in [4.78, 5) is 46.8. The highest BCUT2D eigenvalue weighted by molar-refractivity contribution is 5.86. The zero-order valence-electron chi connectivity index (χ0n) is 16.6. The fraction of sp³-hybridized carbons (Fsp3) is 0.611. The number of imidazole rings is 1. The Morgan fingerprint density at radius 3 is 2.67 bits per heavy atom. The van der Waals surface area contributed by atoms with E-state index in [9.17, 15) is 24.6 Å². The number of aliphatic hydroxyl groups excluding tert-OH is 2. The van der Waals surface area contributed by atoms with E-state index in [1.54, 1.807) is 13.8 Å². The molecule has 12 nitrogen and oxygen atoms in total. The number of esters is 1. The summed E-state index contributed by atoms with van der Waals surface area (Å²) in [7, 11) is 0. The van der Waals surface area contributed by atoms with Crippen LogP contribution in [0.3, 0.4) is 0 Å². The van der Waals surface area contributed by atoms with Gasteiger partial charge in [0.2, 0.25) is 5.95 Å². The van der Waals surface area contributed by atoms with E-state index in [0.29, 0.717) is 12.8 Å². The number of aromatic amines is 1. The van der Waals surface area contributed by atoms with Gasteiger partial charge in [-0.05, 0) is 12.8 Å². The molecule has 0 aliphatic carbocycles. The number of hydrogen-bond acceptors (Lipinski definition) is 10. The zero-order chi connectivity index (χ0) is 22.0. The molecule has 0 aromatic carbocycles. The molecular formula is C18H25N5O7. The van der Waals surface area contributed by atoms with Crippen LogP contribution in [0.25, 0.3) is 11.2 Å². The molecule has 5 atom stereocenters. The molecule has 0 bridgehead atoms. The molecule has 2 aromatic rings. The second-order valence-corrected chi connectivity index (χ2v) is 7.12. The summed E-state index contributed by atoms with van der Waals surface area (Å²) in [6, 6.07) is 0. The maximum Gasteiger partial charge on any atom is 0.306 e. The molecule has 30 heavy (non-hydrogen) atoms. The molecule has 1 aliphatic rings. The molecule has 3 heterocycles. The number of ketones is 1. The number of nitrogens with one attached hydrogen (secondary N) is 1. The lowest BCUT2D eigenvalue weighted by Crippen LogP contribution is -2.45. The number of Topliss-reactive ketones (excluding diaryl/α,β-unsaturated/α-hetero) is 1. The minimum atomic E-state index is -1.54. The SMILES string of the molecule is CCCC(=O)OC(C(=O)CCC)[C@H]1O[C@@H](n2cnc3c(=O)[nH]c(N)nc32)[C@H](O)[C@@H]1O. The lowest BCUT2D eigenvalue weighted by atomic mass is 9.99. The van der Waals surface area contributed by atoms with E-state index >= 15 is 0 Å². The molecular weight excluding hydrogens is 398 g/mol. The van der Waals surface area contributed by atoms with Crippen molar-refractivity contribution >= 4 is 28.9 Å². The Kier molecular flexibility index (Phi) is 6.48. The van der Waals surface area contributed by atoms with E-state index in [1.807, 2.05) is 0 Å². The van der Waals surface area contributed by atoms with Gasteiger partial charge >= 0.3 is 5.97 Å². The quantitative estimate of drug-likeness (QED) is 0.400. The van der Waals surface area contributed by atoms with E-state index in [-0.39, 0.29) is 30.0 Å². The van der Waals surface area contributed by atoms with Crippen LogP contribution in [0, 0.1) is 0 Å². The lowest BCUT2D eigenvalue weighted by molar-refractivity contribution is -0.169. The average Bonchev–Trinajstić information content (AvgIpc) is 3.22. The fourth-order valence-corrected chi connectivity index (χ4v) is 3.40. The number of aromatic nitrogens is 4. The molecule has 0 spiro atoms. The fourth-order valence-electron chi connectivity index (χ4n) is 3.40. The Hall–Kier alpha value is -2.83. The Morgan fingerprint density at radius 2 is 2.00 bits per heavy atom. The summed E-state index contributed by atoms with van der Waals surface area (Å²) in [5.41, 5.74) is 5.00. The van der Waals surface area contributed by atoms with Crippen molar-refractivity contribution in [3.8, 4) is 0 Å². The topological polar surface area (TPSA) is 183 Å². The van der Waals surface area contributed by atoms with Gasteiger partial charge in [0, 0.05) is 12.8 Å². The molecule has 3 rings (SSSR count). The van der Waals surface area contributed by atoms with Crippen LogP contribution in [0.4, 0.5) is 5.95 Å². The minimum absolute atomic E-state index is 0.0348. The van der Waals surface area contributed by atoms with Crippen LogP contribution in [0.2, 0.25) is 0 Å². The maximum atomic E-state index is 12.6. The van der Waals surface area contributed by atoms with Crippen molar-refractivity contribution in [2.24, 2.45) is 0 Å². The van der Waals surface area contributed by atoms with Gasteiger partial charge < -0.3 is 25.4 Å². The highest BCUT2D eigenvalue weighted by atomic mass is 16.6. The van der Waals surface area contributed by atoms with Gasteiger partial charge in [0.15, 0.2) is 29.3 Å². The highest BCUT2D eigenvalue weighted by Crippen LogP contribution is 2.34. The van der Waals surface area contributed by atoms with Crippen molar-refractivity contribution < 1.29 is 29.3 Å². The third-order valence-electron chi connectivity index (χ3n) is 4.82. The molecule has 0 saturated carbocycles. The Morgan fingerprint density at radius 1 is 1.30 bits per heavy atom.